The lowest BCUT2D eigenvalue weighted by atomic mass is 10.2. The molecule has 0 fully saturated rings. The van der Waals surface area contributed by atoms with Gasteiger partial charge in [0.05, 0.1) is 9.79 Å². The van der Waals surface area contributed by atoms with E-state index in [2.05, 4.69) is 0 Å². The van der Waals surface area contributed by atoms with Crippen molar-refractivity contribution in [3.8, 4) is 0 Å². The summed E-state index contributed by atoms with van der Waals surface area (Å²) in [5.41, 5.74) is 1.64. The molecule has 0 aromatic heterocycles. The third-order valence-electron chi connectivity index (χ3n) is 2.83. The number of rotatable bonds is 7. The van der Waals surface area contributed by atoms with Crippen molar-refractivity contribution < 1.29 is 17.5 Å². The largest absolute Gasteiger partial charge is 0.302 e. The second-order valence-corrected chi connectivity index (χ2v) is 8.58. The first-order chi connectivity index (χ1) is 10.6. The Labute approximate surface area is 142 Å². The molecule has 0 aliphatic carbocycles. The summed E-state index contributed by atoms with van der Waals surface area (Å²) in [6, 6.07) is 14.1. The smallest absolute Gasteiger partial charge is 0.186 e. The Kier molecular flexibility index (Phi) is 7.13. The van der Waals surface area contributed by atoms with Crippen molar-refractivity contribution in [2.45, 2.75) is 21.3 Å². The zero-order chi connectivity index (χ0) is 15.9. The van der Waals surface area contributed by atoms with Crippen molar-refractivity contribution >= 4 is 43.7 Å². The van der Waals surface area contributed by atoms with Crippen molar-refractivity contribution in [3.63, 3.8) is 0 Å². The van der Waals surface area contributed by atoms with Crippen molar-refractivity contribution in [3.05, 3.63) is 59.7 Å². The van der Waals surface area contributed by atoms with Gasteiger partial charge in [0.2, 0.25) is 0 Å². The van der Waals surface area contributed by atoms with Gasteiger partial charge in [0.1, 0.15) is 0 Å². The van der Waals surface area contributed by atoms with Crippen molar-refractivity contribution in [1.29, 1.82) is 0 Å². The highest BCUT2D eigenvalue weighted by atomic mass is 33.1. The molecule has 2 N–H and O–H groups in total. The maximum Gasteiger partial charge on any atom is 0.186 e. The van der Waals surface area contributed by atoms with E-state index in [0.29, 0.717) is 21.3 Å². The molecule has 2 unspecified atom stereocenters. The summed E-state index contributed by atoms with van der Waals surface area (Å²) >= 11 is -3.98. The van der Waals surface area contributed by atoms with Gasteiger partial charge >= 0.3 is 0 Å². The van der Waals surface area contributed by atoms with Crippen LogP contribution in [0.2, 0.25) is 0 Å². The number of hydrogen-bond acceptors (Lipinski definition) is 4. The van der Waals surface area contributed by atoms with Crippen LogP contribution in [0.5, 0.6) is 0 Å². The van der Waals surface area contributed by atoms with E-state index in [0.717, 1.165) is 11.1 Å². The summed E-state index contributed by atoms with van der Waals surface area (Å²) in [6.45, 7) is 0. The number of benzene rings is 2. The molecule has 118 valence electrons. The van der Waals surface area contributed by atoms with Gasteiger partial charge in [0.25, 0.3) is 0 Å². The third-order valence-corrected chi connectivity index (χ3v) is 6.61. The summed E-state index contributed by atoms with van der Waals surface area (Å²) < 4.78 is 40.9. The standard InChI is InChI=1S/C14H14O4S4/c15-21(16)13-7-3-1-5-11(13)9-19-20-10-12-6-2-4-8-14(12)22(17)18/h1-8H,9-10H2,(H,15,16)(H,17,18). The molecule has 0 aliphatic heterocycles. The van der Waals surface area contributed by atoms with Crippen LogP contribution in [0.25, 0.3) is 0 Å². The van der Waals surface area contributed by atoms with E-state index in [1.807, 2.05) is 24.3 Å². The highest BCUT2D eigenvalue weighted by Crippen LogP contribution is 2.32. The summed E-state index contributed by atoms with van der Waals surface area (Å²) in [7, 11) is 3.09. The quantitative estimate of drug-likeness (QED) is 0.434. The molecule has 8 heteroatoms. The maximum atomic E-state index is 11.2. The average Bonchev–Trinajstić information content (AvgIpc) is 2.52. The van der Waals surface area contributed by atoms with Gasteiger partial charge < -0.3 is 9.11 Å². The molecule has 0 saturated heterocycles. The summed E-state index contributed by atoms with van der Waals surface area (Å²) in [5.74, 6) is 1.19. The second-order valence-electron chi connectivity index (χ2n) is 4.24. The Morgan fingerprint density at radius 2 is 1.09 bits per heavy atom. The fourth-order valence-corrected chi connectivity index (χ4v) is 5.28. The first kappa shape index (κ1) is 17.7. The van der Waals surface area contributed by atoms with Crippen LogP contribution in [-0.2, 0) is 33.7 Å². The van der Waals surface area contributed by atoms with E-state index in [-0.39, 0.29) is 0 Å². The van der Waals surface area contributed by atoms with E-state index in [4.69, 9.17) is 0 Å². The normalized spacial score (nSPS) is 13.7. The fraction of sp³-hybridized carbons (Fsp3) is 0.143. The molecular formula is C14H14O4S4. The van der Waals surface area contributed by atoms with Crippen LogP contribution in [0, 0.1) is 0 Å². The van der Waals surface area contributed by atoms with Gasteiger partial charge in [0.15, 0.2) is 22.2 Å². The molecule has 0 saturated carbocycles. The Morgan fingerprint density at radius 3 is 1.45 bits per heavy atom. The van der Waals surface area contributed by atoms with Crippen LogP contribution in [0.4, 0.5) is 0 Å². The average molecular weight is 375 g/mol. The zero-order valence-corrected chi connectivity index (χ0v) is 14.6. The third kappa shape index (κ3) is 4.94. The maximum absolute atomic E-state index is 11.2. The predicted molar refractivity (Wildman–Crippen MR) is 93.5 cm³/mol. The van der Waals surface area contributed by atoms with E-state index in [9.17, 15) is 17.5 Å². The van der Waals surface area contributed by atoms with E-state index >= 15 is 0 Å². The summed E-state index contributed by atoms with van der Waals surface area (Å²) in [5, 5.41) is 0. The molecule has 0 aliphatic rings. The minimum Gasteiger partial charge on any atom is -0.302 e. The molecule has 2 atom stereocenters. The lowest BCUT2D eigenvalue weighted by Crippen LogP contribution is -1.95. The molecule has 0 heterocycles. The predicted octanol–water partition coefficient (Wildman–Crippen LogP) is 3.93. The highest BCUT2D eigenvalue weighted by molar-refractivity contribution is 8.76. The van der Waals surface area contributed by atoms with Crippen molar-refractivity contribution in [2.75, 3.05) is 0 Å². The molecule has 0 spiro atoms. The lowest BCUT2D eigenvalue weighted by molar-refractivity contribution is 0.562. The summed E-state index contributed by atoms with van der Waals surface area (Å²) in [6.07, 6.45) is 0. The van der Waals surface area contributed by atoms with E-state index in [1.54, 1.807) is 45.9 Å². The van der Waals surface area contributed by atoms with E-state index < -0.39 is 22.2 Å². The Hall–Kier alpha value is -0.640. The molecule has 0 bridgehead atoms. The topological polar surface area (TPSA) is 74.6 Å². The van der Waals surface area contributed by atoms with Crippen LogP contribution in [0.3, 0.4) is 0 Å². The summed E-state index contributed by atoms with van der Waals surface area (Å²) in [4.78, 5) is 0.847. The van der Waals surface area contributed by atoms with Crippen LogP contribution < -0.4 is 0 Å². The fourth-order valence-electron chi connectivity index (χ4n) is 1.80. The molecule has 0 amide bonds. The van der Waals surface area contributed by atoms with Gasteiger partial charge in [0, 0.05) is 11.5 Å². The molecule has 4 nitrogen and oxygen atoms in total. The van der Waals surface area contributed by atoms with Crippen LogP contribution in [0.15, 0.2) is 58.3 Å². The van der Waals surface area contributed by atoms with Gasteiger partial charge in [-0.05, 0) is 23.3 Å². The van der Waals surface area contributed by atoms with Crippen LogP contribution in [0.1, 0.15) is 11.1 Å². The molecule has 2 aromatic carbocycles. The molecule has 2 aromatic rings. The Balaban J connectivity index is 1.93. The SMILES string of the molecule is O=S(O)c1ccccc1CSSCc1ccccc1S(=O)O. The molecular weight excluding hydrogens is 360 g/mol. The van der Waals surface area contributed by atoms with Crippen molar-refractivity contribution in [2.24, 2.45) is 0 Å². The zero-order valence-electron chi connectivity index (χ0n) is 11.4. The Bertz CT molecular complexity index is 631. The molecule has 22 heavy (non-hydrogen) atoms. The van der Waals surface area contributed by atoms with E-state index in [1.165, 1.54) is 0 Å². The Morgan fingerprint density at radius 1 is 0.727 bits per heavy atom. The van der Waals surface area contributed by atoms with Gasteiger partial charge in [-0.1, -0.05) is 58.0 Å². The van der Waals surface area contributed by atoms with Crippen molar-refractivity contribution in [1.82, 2.24) is 0 Å². The van der Waals surface area contributed by atoms with Crippen LogP contribution >= 0.6 is 21.6 Å². The molecule has 0 radical (unpaired) electrons. The minimum absolute atomic E-state index is 0.424. The second kappa shape index (κ2) is 8.85. The van der Waals surface area contributed by atoms with Gasteiger partial charge in [-0.3, -0.25) is 0 Å². The monoisotopic (exact) mass is 374 g/mol. The van der Waals surface area contributed by atoms with Gasteiger partial charge in [-0.15, -0.1) is 0 Å². The molecule has 2 rings (SSSR count). The first-order valence-electron chi connectivity index (χ1n) is 6.21. The van der Waals surface area contributed by atoms with Gasteiger partial charge in [-0.25, -0.2) is 8.42 Å². The van der Waals surface area contributed by atoms with Gasteiger partial charge in [-0.2, -0.15) is 0 Å². The lowest BCUT2D eigenvalue weighted by Gasteiger charge is -2.07. The number of hydrogen-bond donors (Lipinski definition) is 2. The van der Waals surface area contributed by atoms with Crippen LogP contribution in [-0.4, -0.2) is 17.5 Å². The highest BCUT2D eigenvalue weighted by Gasteiger charge is 2.09. The first-order valence-corrected chi connectivity index (χ1v) is 10.9. The minimum atomic E-state index is -1.99.